The Hall–Kier alpha value is -0.780. The summed E-state index contributed by atoms with van der Waals surface area (Å²) in [6, 6.07) is 6.28. The monoisotopic (exact) mass is 317 g/mol. The van der Waals surface area contributed by atoms with Gasteiger partial charge < -0.3 is 10.1 Å². The van der Waals surface area contributed by atoms with Crippen molar-refractivity contribution >= 4 is 21.4 Å². The first-order valence-electron chi connectivity index (χ1n) is 6.77. The average molecular weight is 318 g/mol. The summed E-state index contributed by atoms with van der Waals surface area (Å²) in [5, 5.41) is 3.99. The molecule has 6 heteroatoms. The van der Waals surface area contributed by atoms with Crippen LogP contribution < -0.4 is 10.1 Å². The molecule has 20 heavy (non-hydrogen) atoms. The summed E-state index contributed by atoms with van der Waals surface area (Å²) in [5.74, 6) is 0.795. The first-order valence-corrected chi connectivity index (χ1v) is 9.21. The minimum atomic E-state index is -2.94. The molecular weight excluding hydrogens is 298 g/mol. The summed E-state index contributed by atoms with van der Waals surface area (Å²) in [6.45, 7) is 1.08. The number of sulfone groups is 1. The topological polar surface area (TPSA) is 55.4 Å². The van der Waals surface area contributed by atoms with Gasteiger partial charge in [-0.3, -0.25) is 0 Å². The molecule has 0 atom stereocenters. The van der Waals surface area contributed by atoms with Crippen LogP contribution in [0.2, 0.25) is 5.02 Å². The van der Waals surface area contributed by atoms with Gasteiger partial charge in [0.1, 0.15) is 15.6 Å². The summed E-state index contributed by atoms with van der Waals surface area (Å²) in [7, 11) is -2.94. The molecule has 1 N–H and O–H groups in total. The lowest BCUT2D eigenvalue weighted by Crippen LogP contribution is -2.16. The van der Waals surface area contributed by atoms with Gasteiger partial charge in [0.2, 0.25) is 0 Å². The zero-order valence-corrected chi connectivity index (χ0v) is 13.1. The Morgan fingerprint density at radius 3 is 2.80 bits per heavy atom. The third kappa shape index (κ3) is 5.31. The Morgan fingerprint density at radius 1 is 1.40 bits per heavy atom. The molecule has 112 valence electrons. The molecule has 1 aliphatic carbocycles. The Kier molecular flexibility index (Phi) is 5.29. The lowest BCUT2D eigenvalue weighted by Gasteiger charge is -2.13. The fraction of sp³-hybridized carbons (Fsp3) is 0.571. The van der Waals surface area contributed by atoms with E-state index in [0.717, 1.165) is 12.1 Å². The van der Waals surface area contributed by atoms with E-state index in [1.807, 2.05) is 12.1 Å². The number of hydrogen-bond acceptors (Lipinski definition) is 4. The van der Waals surface area contributed by atoms with Gasteiger partial charge in [-0.15, -0.1) is 0 Å². The van der Waals surface area contributed by atoms with E-state index in [1.165, 1.54) is 19.1 Å². The molecule has 0 unspecified atom stereocenters. The Bertz CT molecular complexity index is 556. The SMILES string of the molecule is CS(=O)(=O)CCCOc1c(Cl)cccc1CNC1CC1. The second-order valence-electron chi connectivity index (χ2n) is 5.22. The van der Waals surface area contributed by atoms with Crippen molar-refractivity contribution in [1.82, 2.24) is 5.32 Å². The molecule has 0 amide bonds. The smallest absolute Gasteiger partial charge is 0.147 e. The molecule has 0 aliphatic heterocycles. The van der Waals surface area contributed by atoms with Crippen LogP contribution in [0.3, 0.4) is 0 Å². The fourth-order valence-corrected chi connectivity index (χ4v) is 2.78. The molecule has 0 heterocycles. The number of nitrogens with one attached hydrogen (secondary N) is 1. The van der Waals surface area contributed by atoms with E-state index in [-0.39, 0.29) is 5.75 Å². The molecule has 1 aliphatic rings. The van der Waals surface area contributed by atoms with Crippen LogP contribution in [-0.4, -0.2) is 33.1 Å². The van der Waals surface area contributed by atoms with Crippen LogP contribution in [0, 0.1) is 0 Å². The molecule has 4 nitrogen and oxygen atoms in total. The van der Waals surface area contributed by atoms with Gasteiger partial charge in [-0.05, 0) is 25.3 Å². The van der Waals surface area contributed by atoms with E-state index in [9.17, 15) is 8.42 Å². The Labute approximate surface area is 125 Å². The molecule has 1 aromatic rings. The first kappa shape index (κ1) is 15.6. The van der Waals surface area contributed by atoms with Crippen LogP contribution >= 0.6 is 11.6 Å². The number of halogens is 1. The van der Waals surface area contributed by atoms with E-state index in [0.29, 0.717) is 29.8 Å². The molecule has 1 fully saturated rings. The summed E-state index contributed by atoms with van der Waals surface area (Å²) < 4.78 is 27.8. The molecule has 0 spiro atoms. The number of para-hydroxylation sites is 1. The number of hydrogen-bond donors (Lipinski definition) is 1. The lowest BCUT2D eigenvalue weighted by molar-refractivity contribution is 0.314. The molecule has 1 saturated carbocycles. The zero-order chi connectivity index (χ0) is 14.6. The normalized spacial score (nSPS) is 15.3. The standard InChI is InChI=1S/C14H20ClNO3S/c1-20(17,18)9-3-8-19-14-11(4-2-5-13(14)15)10-16-12-6-7-12/h2,4-5,12,16H,3,6-10H2,1H3. The lowest BCUT2D eigenvalue weighted by atomic mass is 10.2. The predicted molar refractivity (Wildman–Crippen MR) is 81.1 cm³/mol. The number of ether oxygens (including phenoxy) is 1. The predicted octanol–water partition coefficient (Wildman–Crippen LogP) is 2.41. The van der Waals surface area contributed by atoms with Gasteiger partial charge in [-0.25, -0.2) is 8.42 Å². The number of benzene rings is 1. The van der Waals surface area contributed by atoms with E-state index in [4.69, 9.17) is 16.3 Å². The van der Waals surface area contributed by atoms with Crippen molar-refractivity contribution in [1.29, 1.82) is 0 Å². The highest BCUT2D eigenvalue weighted by molar-refractivity contribution is 7.90. The molecule has 0 saturated heterocycles. The molecule has 0 bridgehead atoms. The van der Waals surface area contributed by atoms with Gasteiger partial charge in [0, 0.05) is 24.4 Å². The van der Waals surface area contributed by atoms with Gasteiger partial charge in [0.15, 0.2) is 0 Å². The fourth-order valence-electron chi connectivity index (χ4n) is 1.89. The second-order valence-corrected chi connectivity index (χ2v) is 7.88. The summed E-state index contributed by atoms with van der Waals surface area (Å²) in [5.41, 5.74) is 1.02. The second kappa shape index (κ2) is 6.78. The van der Waals surface area contributed by atoms with Gasteiger partial charge in [-0.1, -0.05) is 23.7 Å². The Balaban J connectivity index is 1.90. The first-order chi connectivity index (χ1) is 9.46. The quantitative estimate of drug-likeness (QED) is 0.748. The molecule has 1 aromatic carbocycles. The molecule has 2 rings (SSSR count). The average Bonchev–Trinajstić information content (AvgIpc) is 3.17. The van der Waals surface area contributed by atoms with E-state index in [2.05, 4.69) is 5.32 Å². The highest BCUT2D eigenvalue weighted by atomic mass is 35.5. The maximum Gasteiger partial charge on any atom is 0.147 e. The van der Waals surface area contributed by atoms with Crippen molar-refractivity contribution in [2.45, 2.75) is 31.8 Å². The van der Waals surface area contributed by atoms with Gasteiger partial charge in [0.05, 0.1) is 17.4 Å². The van der Waals surface area contributed by atoms with Crippen molar-refractivity contribution in [3.05, 3.63) is 28.8 Å². The maximum atomic E-state index is 11.1. The van der Waals surface area contributed by atoms with E-state index < -0.39 is 9.84 Å². The van der Waals surface area contributed by atoms with Crippen LogP contribution in [0.15, 0.2) is 18.2 Å². The van der Waals surface area contributed by atoms with Gasteiger partial charge in [-0.2, -0.15) is 0 Å². The molecule has 0 aromatic heterocycles. The summed E-state index contributed by atoms with van der Waals surface area (Å²) in [6.07, 6.45) is 4.16. The Morgan fingerprint density at radius 2 is 2.15 bits per heavy atom. The van der Waals surface area contributed by atoms with Crippen molar-refractivity contribution in [2.24, 2.45) is 0 Å². The van der Waals surface area contributed by atoms with Crippen molar-refractivity contribution in [2.75, 3.05) is 18.6 Å². The maximum absolute atomic E-state index is 11.1. The van der Waals surface area contributed by atoms with Crippen LogP contribution in [0.4, 0.5) is 0 Å². The van der Waals surface area contributed by atoms with Crippen LogP contribution in [0.25, 0.3) is 0 Å². The van der Waals surface area contributed by atoms with Crippen molar-refractivity contribution in [3.8, 4) is 5.75 Å². The third-order valence-electron chi connectivity index (χ3n) is 3.11. The summed E-state index contributed by atoms with van der Waals surface area (Å²) in [4.78, 5) is 0. The highest BCUT2D eigenvalue weighted by Crippen LogP contribution is 2.29. The van der Waals surface area contributed by atoms with E-state index in [1.54, 1.807) is 6.07 Å². The van der Waals surface area contributed by atoms with Crippen molar-refractivity contribution in [3.63, 3.8) is 0 Å². The third-order valence-corrected chi connectivity index (χ3v) is 4.44. The van der Waals surface area contributed by atoms with E-state index >= 15 is 0 Å². The van der Waals surface area contributed by atoms with Crippen molar-refractivity contribution < 1.29 is 13.2 Å². The van der Waals surface area contributed by atoms with Crippen LogP contribution in [-0.2, 0) is 16.4 Å². The minimum Gasteiger partial charge on any atom is -0.492 e. The number of rotatable bonds is 8. The molecule has 0 radical (unpaired) electrons. The van der Waals surface area contributed by atoms with Gasteiger partial charge >= 0.3 is 0 Å². The van der Waals surface area contributed by atoms with Crippen LogP contribution in [0.1, 0.15) is 24.8 Å². The zero-order valence-electron chi connectivity index (χ0n) is 11.6. The minimum absolute atomic E-state index is 0.132. The molecular formula is C14H20ClNO3S. The van der Waals surface area contributed by atoms with Crippen LogP contribution in [0.5, 0.6) is 5.75 Å². The summed E-state index contributed by atoms with van der Waals surface area (Å²) >= 11 is 6.16. The largest absolute Gasteiger partial charge is 0.492 e. The highest BCUT2D eigenvalue weighted by Gasteiger charge is 2.21. The van der Waals surface area contributed by atoms with Gasteiger partial charge in [0.25, 0.3) is 0 Å².